The number of rotatable bonds is 8. The van der Waals surface area contributed by atoms with E-state index in [-0.39, 0.29) is 11.2 Å². The Morgan fingerprint density at radius 3 is 2.73 bits per heavy atom. The van der Waals surface area contributed by atoms with Crippen molar-refractivity contribution in [2.75, 3.05) is 38.2 Å². The first-order chi connectivity index (χ1) is 18.0. The molecule has 1 unspecified atom stereocenters. The third-order valence-electron chi connectivity index (χ3n) is 6.55. The molecular weight excluding hydrogens is 504 g/mol. The molecule has 0 bridgehead atoms. The van der Waals surface area contributed by atoms with Gasteiger partial charge in [-0.3, -0.25) is 14.3 Å². The van der Waals surface area contributed by atoms with E-state index in [1.807, 2.05) is 50.2 Å². The van der Waals surface area contributed by atoms with Gasteiger partial charge in [0.2, 0.25) is 5.91 Å². The minimum absolute atomic E-state index is 0.117. The third kappa shape index (κ3) is 6.18. The lowest BCUT2D eigenvalue weighted by Crippen LogP contribution is -2.37. The normalized spacial score (nSPS) is 15.1. The molecule has 4 aromatic rings. The molecule has 5 rings (SSSR count). The van der Waals surface area contributed by atoms with Gasteiger partial charge in [-0.15, -0.1) is 0 Å². The number of carbonyl (C=O) groups excluding carboxylic acids is 1. The van der Waals surface area contributed by atoms with E-state index in [9.17, 15) is 4.79 Å². The van der Waals surface area contributed by atoms with E-state index in [4.69, 9.17) is 21.3 Å². The Labute approximate surface area is 227 Å². The summed E-state index contributed by atoms with van der Waals surface area (Å²) in [6.07, 6.45) is 0.971. The fourth-order valence-corrected chi connectivity index (χ4v) is 5.69. The summed E-state index contributed by atoms with van der Waals surface area (Å²) >= 11 is 7.78. The Bertz CT molecular complexity index is 1400. The van der Waals surface area contributed by atoms with Crippen LogP contribution in [0.2, 0.25) is 5.02 Å². The number of nitrogens with one attached hydrogen (secondary N) is 1. The molecule has 1 amide bonds. The molecule has 1 atom stereocenters. The van der Waals surface area contributed by atoms with Crippen molar-refractivity contribution in [1.82, 2.24) is 14.5 Å². The van der Waals surface area contributed by atoms with E-state index in [2.05, 4.69) is 45.1 Å². The van der Waals surface area contributed by atoms with Crippen LogP contribution >= 0.6 is 23.4 Å². The van der Waals surface area contributed by atoms with Gasteiger partial charge in [-0.05, 0) is 67.8 Å². The SMILES string of the molecule is Cc1ccc(NC(=O)C(C)Sc2nc3ccccc3n2-c2cccc(CCN3CCOCC3)c2)c(Cl)c1. The maximum atomic E-state index is 13.1. The number of aryl methyl sites for hydroxylation is 1. The highest BCUT2D eigenvalue weighted by Crippen LogP contribution is 2.32. The van der Waals surface area contributed by atoms with Crippen LogP contribution in [0.4, 0.5) is 5.69 Å². The number of amides is 1. The Balaban J connectivity index is 1.38. The second-order valence-electron chi connectivity index (χ2n) is 9.33. The molecule has 0 saturated carbocycles. The summed E-state index contributed by atoms with van der Waals surface area (Å²) in [7, 11) is 0. The molecule has 0 radical (unpaired) electrons. The van der Waals surface area contributed by atoms with Crippen LogP contribution in [0.1, 0.15) is 18.1 Å². The third-order valence-corrected chi connectivity index (χ3v) is 7.92. The standard InChI is InChI=1S/C29H31ClN4O2S/c1-20-10-11-25(24(30)18-20)31-28(35)21(2)37-29-32-26-8-3-4-9-27(26)34(29)23-7-5-6-22(19-23)12-13-33-14-16-36-17-15-33/h3-11,18-19,21H,12-17H2,1-2H3,(H,31,35). The number of ether oxygens (including phenoxy) is 1. The summed E-state index contributed by atoms with van der Waals surface area (Å²) < 4.78 is 7.63. The number of aromatic nitrogens is 2. The van der Waals surface area contributed by atoms with Crippen LogP contribution in [0.15, 0.2) is 71.9 Å². The number of hydrogen-bond acceptors (Lipinski definition) is 5. The molecule has 1 N–H and O–H groups in total. The average molecular weight is 535 g/mol. The number of benzene rings is 3. The lowest BCUT2D eigenvalue weighted by atomic mass is 10.1. The van der Waals surface area contributed by atoms with Crippen LogP contribution in [0.25, 0.3) is 16.7 Å². The molecule has 1 aliphatic rings. The monoisotopic (exact) mass is 534 g/mol. The van der Waals surface area contributed by atoms with E-state index in [0.717, 1.165) is 66.7 Å². The van der Waals surface area contributed by atoms with Gasteiger partial charge in [0, 0.05) is 25.3 Å². The van der Waals surface area contributed by atoms with E-state index < -0.39 is 0 Å². The summed E-state index contributed by atoms with van der Waals surface area (Å²) in [6, 6.07) is 22.3. The number of thioether (sulfide) groups is 1. The second-order valence-corrected chi connectivity index (χ2v) is 11.0. The zero-order valence-corrected chi connectivity index (χ0v) is 22.7. The molecule has 2 heterocycles. The van der Waals surface area contributed by atoms with Gasteiger partial charge in [-0.25, -0.2) is 4.98 Å². The molecule has 6 nitrogen and oxygen atoms in total. The number of imidazole rings is 1. The predicted molar refractivity (Wildman–Crippen MR) is 152 cm³/mol. The first-order valence-electron chi connectivity index (χ1n) is 12.6. The molecule has 0 aliphatic carbocycles. The van der Waals surface area contributed by atoms with Crippen LogP contribution in [0, 0.1) is 6.92 Å². The molecule has 1 saturated heterocycles. The highest BCUT2D eigenvalue weighted by molar-refractivity contribution is 8.00. The van der Waals surface area contributed by atoms with Gasteiger partial charge in [0.1, 0.15) is 0 Å². The molecule has 1 aliphatic heterocycles. The van der Waals surface area contributed by atoms with Crippen molar-refractivity contribution in [2.24, 2.45) is 0 Å². The minimum atomic E-state index is -0.377. The van der Waals surface area contributed by atoms with E-state index in [1.165, 1.54) is 17.3 Å². The number of morpholine rings is 1. The Morgan fingerprint density at radius 1 is 1.11 bits per heavy atom. The second kappa shape index (κ2) is 11.7. The maximum absolute atomic E-state index is 13.1. The fourth-order valence-electron chi connectivity index (χ4n) is 4.46. The van der Waals surface area contributed by atoms with Gasteiger partial charge in [-0.2, -0.15) is 0 Å². The molecule has 1 aromatic heterocycles. The molecule has 1 fully saturated rings. The van der Waals surface area contributed by atoms with Crippen molar-refractivity contribution >= 4 is 46.0 Å². The highest BCUT2D eigenvalue weighted by Gasteiger charge is 2.21. The number of para-hydroxylation sites is 2. The zero-order valence-electron chi connectivity index (χ0n) is 21.1. The van der Waals surface area contributed by atoms with Crippen molar-refractivity contribution in [3.8, 4) is 5.69 Å². The smallest absolute Gasteiger partial charge is 0.237 e. The maximum Gasteiger partial charge on any atom is 0.237 e. The van der Waals surface area contributed by atoms with Crippen molar-refractivity contribution in [1.29, 1.82) is 0 Å². The van der Waals surface area contributed by atoms with Crippen LogP contribution < -0.4 is 5.32 Å². The Hall–Kier alpha value is -2.84. The number of fused-ring (bicyclic) bond motifs is 1. The zero-order chi connectivity index (χ0) is 25.8. The van der Waals surface area contributed by atoms with Crippen LogP contribution in [0.5, 0.6) is 0 Å². The first kappa shape index (κ1) is 25.8. The number of halogens is 1. The largest absolute Gasteiger partial charge is 0.379 e. The topological polar surface area (TPSA) is 59.4 Å². The first-order valence-corrected chi connectivity index (χ1v) is 13.8. The minimum Gasteiger partial charge on any atom is -0.379 e. The fraction of sp³-hybridized carbons (Fsp3) is 0.310. The number of carbonyl (C=O) groups is 1. The summed E-state index contributed by atoms with van der Waals surface area (Å²) in [5, 5.41) is 3.90. The van der Waals surface area contributed by atoms with Crippen molar-refractivity contribution in [3.63, 3.8) is 0 Å². The van der Waals surface area contributed by atoms with Gasteiger partial charge in [0.25, 0.3) is 0 Å². The van der Waals surface area contributed by atoms with Crippen LogP contribution in [-0.4, -0.2) is 58.5 Å². The van der Waals surface area contributed by atoms with Gasteiger partial charge < -0.3 is 10.1 Å². The number of nitrogens with zero attached hydrogens (tertiary/aromatic N) is 3. The van der Waals surface area contributed by atoms with E-state index >= 15 is 0 Å². The summed E-state index contributed by atoms with van der Waals surface area (Å²) in [5.74, 6) is -0.117. The summed E-state index contributed by atoms with van der Waals surface area (Å²) in [6.45, 7) is 8.47. The van der Waals surface area contributed by atoms with E-state index in [1.54, 1.807) is 0 Å². The van der Waals surface area contributed by atoms with Crippen molar-refractivity contribution < 1.29 is 9.53 Å². The van der Waals surface area contributed by atoms with E-state index in [0.29, 0.717) is 10.7 Å². The summed E-state index contributed by atoms with van der Waals surface area (Å²) in [5.41, 5.74) is 5.90. The average Bonchev–Trinajstić information content (AvgIpc) is 3.27. The molecule has 37 heavy (non-hydrogen) atoms. The summed E-state index contributed by atoms with van der Waals surface area (Å²) in [4.78, 5) is 20.4. The predicted octanol–water partition coefficient (Wildman–Crippen LogP) is 5.98. The molecule has 8 heteroatoms. The van der Waals surface area contributed by atoms with Gasteiger partial charge in [-0.1, -0.05) is 53.7 Å². The van der Waals surface area contributed by atoms with Crippen LogP contribution in [0.3, 0.4) is 0 Å². The molecule has 192 valence electrons. The van der Waals surface area contributed by atoms with Gasteiger partial charge >= 0.3 is 0 Å². The van der Waals surface area contributed by atoms with Crippen molar-refractivity contribution in [2.45, 2.75) is 30.7 Å². The van der Waals surface area contributed by atoms with Gasteiger partial charge in [0.05, 0.1) is 40.2 Å². The lowest BCUT2D eigenvalue weighted by Gasteiger charge is -2.26. The molecule has 3 aromatic carbocycles. The highest BCUT2D eigenvalue weighted by atomic mass is 35.5. The van der Waals surface area contributed by atoms with Gasteiger partial charge in [0.15, 0.2) is 5.16 Å². The van der Waals surface area contributed by atoms with Crippen molar-refractivity contribution in [3.05, 3.63) is 82.9 Å². The number of hydrogen-bond donors (Lipinski definition) is 1. The molecular formula is C29H31ClN4O2S. The number of anilines is 1. The Morgan fingerprint density at radius 2 is 1.92 bits per heavy atom. The lowest BCUT2D eigenvalue weighted by molar-refractivity contribution is -0.115. The Kier molecular flexibility index (Phi) is 8.15. The quantitative estimate of drug-likeness (QED) is 0.282. The van der Waals surface area contributed by atoms with Crippen LogP contribution in [-0.2, 0) is 16.0 Å². The molecule has 0 spiro atoms.